The van der Waals surface area contributed by atoms with Gasteiger partial charge in [0.2, 0.25) is 10.0 Å². The fraction of sp³-hybridized carbons (Fsp3) is 0.500. The van der Waals surface area contributed by atoms with E-state index in [1.165, 1.54) is 10.4 Å². The highest BCUT2D eigenvalue weighted by molar-refractivity contribution is 7.89. The number of halogens is 1. The zero-order valence-corrected chi connectivity index (χ0v) is 11.9. The van der Waals surface area contributed by atoms with Gasteiger partial charge in [-0.1, -0.05) is 18.0 Å². The summed E-state index contributed by atoms with van der Waals surface area (Å²) >= 11 is 5.90. The van der Waals surface area contributed by atoms with Crippen LogP contribution in [-0.4, -0.2) is 25.8 Å². The summed E-state index contributed by atoms with van der Waals surface area (Å²) in [5, 5.41) is 0.355. The van der Waals surface area contributed by atoms with Crippen LogP contribution in [0.3, 0.4) is 0 Å². The smallest absolute Gasteiger partial charge is 0.243 e. The summed E-state index contributed by atoms with van der Waals surface area (Å²) in [4.78, 5) is 0.231. The molecule has 0 aliphatic carbocycles. The predicted octanol–water partition coefficient (Wildman–Crippen LogP) is 2.41. The first-order valence-corrected chi connectivity index (χ1v) is 7.80. The summed E-state index contributed by atoms with van der Waals surface area (Å²) in [6, 6.07) is 3.06. The van der Waals surface area contributed by atoms with Crippen LogP contribution in [0.1, 0.15) is 24.8 Å². The van der Waals surface area contributed by atoms with E-state index in [1.807, 2.05) is 0 Å². The Morgan fingerprint density at radius 1 is 1.22 bits per heavy atom. The van der Waals surface area contributed by atoms with Crippen molar-refractivity contribution in [1.29, 1.82) is 0 Å². The Morgan fingerprint density at radius 3 is 2.44 bits per heavy atom. The molecule has 18 heavy (non-hydrogen) atoms. The first-order chi connectivity index (χ1) is 8.43. The standard InChI is InChI=1S/C12H17ClN2O2S/c1-9-11(14)7-10(13)8-12(9)18(16,17)15-5-3-2-4-6-15/h7-8H,2-6,14H2,1H3. The normalized spacial score (nSPS) is 17.9. The molecule has 2 N–H and O–H groups in total. The van der Waals surface area contributed by atoms with Crippen molar-refractivity contribution in [3.05, 3.63) is 22.7 Å². The molecule has 4 nitrogen and oxygen atoms in total. The van der Waals surface area contributed by atoms with Gasteiger partial charge >= 0.3 is 0 Å². The van der Waals surface area contributed by atoms with Crippen molar-refractivity contribution >= 4 is 27.3 Å². The van der Waals surface area contributed by atoms with Crippen LogP contribution in [0.25, 0.3) is 0 Å². The molecule has 0 atom stereocenters. The molecule has 6 heteroatoms. The largest absolute Gasteiger partial charge is 0.398 e. The van der Waals surface area contributed by atoms with Gasteiger partial charge in [-0.25, -0.2) is 8.42 Å². The molecule has 1 fully saturated rings. The number of nitrogens with zero attached hydrogens (tertiary/aromatic N) is 1. The molecule has 0 radical (unpaired) electrons. The SMILES string of the molecule is Cc1c(N)cc(Cl)cc1S(=O)(=O)N1CCCCC1. The third kappa shape index (κ3) is 2.48. The Morgan fingerprint density at radius 2 is 1.83 bits per heavy atom. The van der Waals surface area contributed by atoms with Gasteiger partial charge in [-0.15, -0.1) is 0 Å². The van der Waals surface area contributed by atoms with Gasteiger partial charge in [-0.3, -0.25) is 0 Å². The molecule has 1 aromatic rings. The lowest BCUT2D eigenvalue weighted by molar-refractivity contribution is 0.346. The van der Waals surface area contributed by atoms with E-state index >= 15 is 0 Å². The average Bonchev–Trinajstić information content (AvgIpc) is 2.34. The first-order valence-electron chi connectivity index (χ1n) is 5.98. The minimum atomic E-state index is -3.47. The quantitative estimate of drug-likeness (QED) is 0.850. The van der Waals surface area contributed by atoms with Crippen LogP contribution in [0.4, 0.5) is 5.69 Å². The zero-order valence-electron chi connectivity index (χ0n) is 10.3. The van der Waals surface area contributed by atoms with Crippen molar-refractivity contribution < 1.29 is 8.42 Å². The molecule has 1 aromatic carbocycles. The van der Waals surface area contributed by atoms with Gasteiger partial charge in [-0.2, -0.15) is 4.31 Å². The molecule has 100 valence electrons. The summed E-state index contributed by atoms with van der Waals surface area (Å²) in [6.45, 7) is 2.87. The van der Waals surface area contributed by atoms with Crippen LogP contribution in [0.5, 0.6) is 0 Å². The second-order valence-corrected chi connectivity index (χ2v) is 6.93. The molecule has 0 unspecified atom stereocenters. The molecule has 0 bridgehead atoms. The van der Waals surface area contributed by atoms with Gasteiger partial charge in [0.25, 0.3) is 0 Å². The van der Waals surface area contributed by atoms with E-state index in [0.29, 0.717) is 29.4 Å². The Balaban J connectivity index is 2.46. The number of rotatable bonds is 2. The number of anilines is 1. The molecule has 2 rings (SSSR count). The van der Waals surface area contributed by atoms with Gasteiger partial charge in [0.05, 0.1) is 4.90 Å². The van der Waals surface area contributed by atoms with Gasteiger partial charge in [0, 0.05) is 23.8 Å². The number of nitrogens with two attached hydrogens (primary N) is 1. The Bertz CT molecular complexity index is 551. The van der Waals surface area contributed by atoms with Crippen LogP contribution >= 0.6 is 11.6 Å². The van der Waals surface area contributed by atoms with E-state index in [2.05, 4.69) is 0 Å². The van der Waals surface area contributed by atoms with Crippen LogP contribution < -0.4 is 5.73 Å². The number of sulfonamides is 1. The van der Waals surface area contributed by atoms with E-state index in [0.717, 1.165) is 19.3 Å². The second kappa shape index (κ2) is 5.07. The number of hydrogen-bond acceptors (Lipinski definition) is 3. The topological polar surface area (TPSA) is 63.4 Å². The highest BCUT2D eigenvalue weighted by atomic mass is 35.5. The third-order valence-corrected chi connectivity index (χ3v) is 5.54. The van der Waals surface area contributed by atoms with Crippen LogP contribution in [0.2, 0.25) is 5.02 Å². The van der Waals surface area contributed by atoms with E-state index in [4.69, 9.17) is 17.3 Å². The summed E-state index contributed by atoms with van der Waals surface area (Å²) in [5.74, 6) is 0. The molecule has 1 aliphatic heterocycles. The summed E-state index contributed by atoms with van der Waals surface area (Å²) in [6.07, 6.45) is 2.91. The average molecular weight is 289 g/mol. The number of piperidine rings is 1. The van der Waals surface area contributed by atoms with E-state index in [-0.39, 0.29) is 4.90 Å². The van der Waals surface area contributed by atoms with Crippen molar-refractivity contribution in [1.82, 2.24) is 4.31 Å². The monoisotopic (exact) mass is 288 g/mol. The molecule has 0 aromatic heterocycles. The second-order valence-electron chi connectivity index (χ2n) is 4.58. The Kier molecular flexibility index (Phi) is 3.84. The molecule has 1 heterocycles. The maximum Gasteiger partial charge on any atom is 0.243 e. The minimum Gasteiger partial charge on any atom is -0.398 e. The Labute approximate surface area is 113 Å². The Hall–Kier alpha value is -0.780. The lowest BCUT2D eigenvalue weighted by Crippen LogP contribution is -2.36. The number of benzene rings is 1. The third-order valence-electron chi connectivity index (χ3n) is 3.30. The van der Waals surface area contributed by atoms with Crippen molar-refractivity contribution in [3.8, 4) is 0 Å². The summed E-state index contributed by atoms with van der Waals surface area (Å²) in [5.41, 5.74) is 6.77. The fourth-order valence-corrected chi connectivity index (χ4v) is 4.28. The minimum absolute atomic E-state index is 0.231. The summed E-state index contributed by atoms with van der Waals surface area (Å²) < 4.78 is 26.6. The molecular formula is C12H17ClN2O2S. The number of nitrogen functional groups attached to an aromatic ring is 1. The molecule has 0 saturated carbocycles. The van der Waals surface area contributed by atoms with E-state index in [1.54, 1.807) is 13.0 Å². The van der Waals surface area contributed by atoms with Gasteiger partial charge < -0.3 is 5.73 Å². The van der Waals surface area contributed by atoms with Crippen LogP contribution in [0, 0.1) is 6.92 Å². The van der Waals surface area contributed by atoms with Crippen molar-refractivity contribution in [3.63, 3.8) is 0 Å². The van der Waals surface area contributed by atoms with Crippen molar-refractivity contribution in [2.24, 2.45) is 0 Å². The first kappa shape index (κ1) is 13.6. The highest BCUT2D eigenvalue weighted by Crippen LogP contribution is 2.29. The molecule has 0 amide bonds. The van der Waals surface area contributed by atoms with Gasteiger partial charge in [0.15, 0.2) is 0 Å². The van der Waals surface area contributed by atoms with Crippen LogP contribution in [-0.2, 0) is 10.0 Å². The van der Waals surface area contributed by atoms with Crippen molar-refractivity contribution in [2.75, 3.05) is 18.8 Å². The lowest BCUT2D eigenvalue weighted by Gasteiger charge is -2.26. The van der Waals surface area contributed by atoms with Crippen LogP contribution in [0.15, 0.2) is 17.0 Å². The predicted molar refractivity (Wildman–Crippen MR) is 73.2 cm³/mol. The van der Waals surface area contributed by atoms with E-state index < -0.39 is 10.0 Å². The van der Waals surface area contributed by atoms with Crippen molar-refractivity contribution in [2.45, 2.75) is 31.1 Å². The molecule has 1 saturated heterocycles. The maximum atomic E-state index is 12.5. The molecule has 0 spiro atoms. The highest BCUT2D eigenvalue weighted by Gasteiger charge is 2.28. The van der Waals surface area contributed by atoms with E-state index in [9.17, 15) is 8.42 Å². The van der Waals surface area contributed by atoms with Gasteiger partial charge in [-0.05, 0) is 37.5 Å². The zero-order chi connectivity index (χ0) is 13.3. The fourth-order valence-electron chi connectivity index (χ4n) is 2.19. The molecule has 1 aliphatic rings. The lowest BCUT2D eigenvalue weighted by atomic mass is 10.2. The van der Waals surface area contributed by atoms with Gasteiger partial charge in [0.1, 0.15) is 0 Å². The molecular weight excluding hydrogens is 272 g/mol. The maximum absolute atomic E-state index is 12.5. The summed E-state index contributed by atoms with van der Waals surface area (Å²) in [7, 11) is -3.47. The number of hydrogen-bond donors (Lipinski definition) is 1.